The molecule has 6 heteroatoms. The number of carbonyl (C=O) groups excluding carboxylic acids is 1. The number of Topliss-reactive ketones (excluding diaryl/α,β-unsaturated/α-hetero) is 1. The van der Waals surface area contributed by atoms with E-state index >= 15 is 0 Å². The molecule has 0 aliphatic heterocycles. The zero-order valence-corrected chi connectivity index (χ0v) is 18.4. The molecular formula is C23H24N2O2S2. The number of carbonyl (C=O) groups is 1. The van der Waals surface area contributed by atoms with Crippen LogP contribution in [0.2, 0.25) is 0 Å². The van der Waals surface area contributed by atoms with Crippen LogP contribution in [0.15, 0.2) is 52.4 Å². The van der Waals surface area contributed by atoms with Crippen molar-refractivity contribution in [2.24, 2.45) is 5.92 Å². The zero-order valence-electron chi connectivity index (χ0n) is 16.7. The van der Waals surface area contributed by atoms with Crippen LogP contribution in [-0.2, 0) is 19.4 Å². The minimum atomic E-state index is -0.000266. The molecule has 0 N–H and O–H groups in total. The van der Waals surface area contributed by atoms with Crippen LogP contribution in [0.25, 0.3) is 10.2 Å². The van der Waals surface area contributed by atoms with Crippen LogP contribution >= 0.6 is 23.1 Å². The molecule has 0 bridgehead atoms. The van der Waals surface area contributed by atoms with Gasteiger partial charge in [0.05, 0.1) is 11.1 Å². The van der Waals surface area contributed by atoms with Gasteiger partial charge in [0.15, 0.2) is 10.9 Å². The number of thioether (sulfide) groups is 1. The van der Waals surface area contributed by atoms with E-state index in [0.29, 0.717) is 23.2 Å². The van der Waals surface area contributed by atoms with Crippen molar-refractivity contribution < 1.29 is 4.79 Å². The van der Waals surface area contributed by atoms with Crippen molar-refractivity contribution in [1.82, 2.24) is 9.55 Å². The summed E-state index contributed by atoms with van der Waals surface area (Å²) in [4.78, 5) is 32.9. The van der Waals surface area contributed by atoms with Crippen molar-refractivity contribution >= 4 is 39.1 Å². The topological polar surface area (TPSA) is 52.0 Å². The summed E-state index contributed by atoms with van der Waals surface area (Å²) in [5.74, 6) is 0.928. The van der Waals surface area contributed by atoms with E-state index in [1.165, 1.54) is 22.2 Å². The fourth-order valence-corrected chi connectivity index (χ4v) is 6.08. The van der Waals surface area contributed by atoms with Crippen LogP contribution in [0.1, 0.15) is 41.1 Å². The van der Waals surface area contributed by atoms with Gasteiger partial charge in [0.25, 0.3) is 5.56 Å². The Labute approximate surface area is 178 Å². The van der Waals surface area contributed by atoms with E-state index in [1.807, 2.05) is 37.3 Å². The van der Waals surface area contributed by atoms with Gasteiger partial charge in [-0.05, 0) is 37.7 Å². The molecule has 150 valence electrons. The van der Waals surface area contributed by atoms with Crippen molar-refractivity contribution in [2.45, 2.75) is 44.8 Å². The second-order valence-corrected chi connectivity index (χ2v) is 9.88. The summed E-state index contributed by atoms with van der Waals surface area (Å²) in [5.41, 5.74) is 2.75. The number of aryl methyl sites for hydroxylation is 1. The monoisotopic (exact) mass is 424 g/mol. The number of hydrogen-bond donors (Lipinski definition) is 0. The maximum Gasteiger partial charge on any atom is 0.263 e. The quantitative estimate of drug-likeness (QED) is 0.238. The number of ketones is 1. The fourth-order valence-electron chi connectivity index (χ4n) is 3.76. The number of allylic oxidation sites excluding steroid dienone is 1. The zero-order chi connectivity index (χ0) is 20.5. The number of aromatic nitrogens is 2. The Bertz CT molecular complexity index is 1150. The largest absolute Gasteiger partial charge is 0.293 e. The number of benzene rings is 1. The van der Waals surface area contributed by atoms with E-state index in [-0.39, 0.29) is 17.1 Å². The van der Waals surface area contributed by atoms with Crippen molar-refractivity contribution in [3.05, 3.63) is 68.8 Å². The van der Waals surface area contributed by atoms with Crippen molar-refractivity contribution in [3.63, 3.8) is 0 Å². The highest BCUT2D eigenvalue weighted by Gasteiger charge is 2.25. The lowest BCUT2D eigenvalue weighted by Crippen LogP contribution is -2.25. The minimum Gasteiger partial charge on any atom is -0.293 e. The van der Waals surface area contributed by atoms with E-state index in [9.17, 15) is 9.59 Å². The second kappa shape index (κ2) is 8.28. The Balaban J connectivity index is 1.73. The van der Waals surface area contributed by atoms with Crippen LogP contribution in [0.5, 0.6) is 0 Å². The van der Waals surface area contributed by atoms with E-state index in [4.69, 9.17) is 4.98 Å². The number of fused-ring (bicyclic) bond motifs is 3. The molecule has 1 aliphatic rings. The predicted molar refractivity (Wildman–Crippen MR) is 121 cm³/mol. The van der Waals surface area contributed by atoms with Crippen molar-refractivity contribution in [2.75, 3.05) is 5.75 Å². The molecule has 4 nitrogen and oxygen atoms in total. The van der Waals surface area contributed by atoms with E-state index < -0.39 is 0 Å². The first kappa shape index (κ1) is 20.1. The second-order valence-electron chi connectivity index (χ2n) is 7.85. The van der Waals surface area contributed by atoms with Gasteiger partial charge in [0.1, 0.15) is 4.83 Å². The molecule has 0 saturated carbocycles. The molecule has 3 aromatic rings. The SMILES string of the molecule is C=C(C)Cn1c(SCC(=O)c2ccccc2)nc2sc3c(c2c1=O)CCC(C)C3. The molecule has 0 radical (unpaired) electrons. The molecule has 1 unspecified atom stereocenters. The van der Waals surface area contributed by atoms with Crippen molar-refractivity contribution in [3.8, 4) is 0 Å². The first-order valence-corrected chi connectivity index (χ1v) is 11.6. The lowest BCUT2D eigenvalue weighted by atomic mass is 9.89. The average molecular weight is 425 g/mol. The third-order valence-electron chi connectivity index (χ3n) is 5.24. The Morgan fingerprint density at radius 1 is 1.34 bits per heavy atom. The molecule has 0 amide bonds. The Morgan fingerprint density at radius 2 is 2.10 bits per heavy atom. The van der Waals surface area contributed by atoms with Crippen molar-refractivity contribution in [1.29, 1.82) is 0 Å². The van der Waals surface area contributed by atoms with Gasteiger partial charge >= 0.3 is 0 Å². The van der Waals surface area contributed by atoms with Crippen LogP contribution in [0, 0.1) is 5.92 Å². The van der Waals surface area contributed by atoms with Gasteiger partial charge in [-0.3, -0.25) is 14.2 Å². The average Bonchev–Trinajstić information content (AvgIpc) is 3.06. The molecular weight excluding hydrogens is 400 g/mol. The standard InChI is InChI=1S/C23H24N2O2S2/c1-14(2)12-25-22(27)20-17-10-9-15(3)11-19(17)29-21(20)24-23(25)28-13-18(26)16-7-5-4-6-8-16/h4-8,15H,1,9-13H2,2-3H3. The molecule has 0 saturated heterocycles. The van der Waals surface area contributed by atoms with E-state index in [1.54, 1.807) is 15.9 Å². The summed E-state index contributed by atoms with van der Waals surface area (Å²) < 4.78 is 1.69. The summed E-state index contributed by atoms with van der Waals surface area (Å²) in [6, 6.07) is 9.24. The molecule has 0 fully saturated rings. The maximum absolute atomic E-state index is 13.4. The summed E-state index contributed by atoms with van der Waals surface area (Å²) >= 11 is 2.98. The normalized spacial score (nSPS) is 16.0. The fraction of sp³-hybridized carbons (Fsp3) is 0.348. The van der Waals surface area contributed by atoms with Gasteiger partial charge in [0.2, 0.25) is 0 Å². The van der Waals surface area contributed by atoms with Gasteiger partial charge in [-0.2, -0.15) is 0 Å². The third-order valence-corrected chi connectivity index (χ3v) is 7.36. The molecule has 2 heterocycles. The van der Waals surface area contributed by atoms with Crippen LogP contribution in [0.3, 0.4) is 0 Å². The highest BCUT2D eigenvalue weighted by Crippen LogP contribution is 2.36. The smallest absolute Gasteiger partial charge is 0.263 e. The third kappa shape index (κ3) is 4.09. The predicted octanol–water partition coefficient (Wildman–Crippen LogP) is 5.13. The van der Waals surface area contributed by atoms with Crippen LogP contribution in [-0.4, -0.2) is 21.1 Å². The minimum absolute atomic E-state index is 0.000266. The van der Waals surface area contributed by atoms with Crippen LogP contribution in [0.4, 0.5) is 0 Å². The summed E-state index contributed by atoms with van der Waals surface area (Å²) in [6.07, 6.45) is 3.07. The summed E-state index contributed by atoms with van der Waals surface area (Å²) in [5, 5.41) is 1.37. The van der Waals surface area contributed by atoms with Gasteiger partial charge in [-0.25, -0.2) is 4.98 Å². The van der Waals surface area contributed by atoms with Gasteiger partial charge in [-0.1, -0.05) is 61.2 Å². The highest BCUT2D eigenvalue weighted by molar-refractivity contribution is 7.99. The molecule has 0 spiro atoms. The number of hydrogen-bond acceptors (Lipinski definition) is 5. The molecule has 1 atom stereocenters. The summed E-state index contributed by atoms with van der Waals surface area (Å²) in [6.45, 7) is 8.57. The highest BCUT2D eigenvalue weighted by atomic mass is 32.2. The first-order chi connectivity index (χ1) is 13.9. The number of thiophene rings is 1. The molecule has 29 heavy (non-hydrogen) atoms. The molecule has 1 aliphatic carbocycles. The lowest BCUT2D eigenvalue weighted by molar-refractivity contribution is 0.102. The Hall–Kier alpha value is -2.18. The van der Waals surface area contributed by atoms with E-state index in [0.717, 1.165) is 35.1 Å². The lowest BCUT2D eigenvalue weighted by Gasteiger charge is -2.17. The van der Waals surface area contributed by atoms with Crippen LogP contribution < -0.4 is 5.56 Å². The van der Waals surface area contributed by atoms with E-state index in [2.05, 4.69) is 13.5 Å². The van der Waals surface area contributed by atoms with Gasteiger partial charge in [0, 0.05) is 17.0 Å². The number of nitrogens with zero attached hydrogens (tertiary/aromatic N) is 2. The Kier molecular flexibility index (Phi) is 5.74. The van der Waals surface area contributed by atoms with Gasteiger partial charge in [-0.15, -0.1) is 11.3 Å². The first-order valence-electron chi connectivity index (χ1n) is 9.84. The molecule has 4 rings (SSSR count). The molecule has 2 aromatic heterocycles. The maximum atomic E-state index is 13.4. The number of rotatable bonds is 6. The van der Waals surface area contributed by atoms with Gasteiger partial charge < -0.3 is 0 Å². The summed E-state index contributed by atoms with van der Waals surface area (Å²) in [7, 11) is 0. The Morgan fingerprint density at radius 3 is 2.83 bits per heavy atom. The molecule has 1 aromatic carbocycles.